The molecule has 110 valence electrons. The summed E-state index contributed by atoms with van der Waals surface area (Å²) in [6, 6.07) is 10.3. The Morgan fingerprint density at radius 2 is 1.43 bits per heavy atom. The van der Waals surface area contributed by atoms with E-state index < -0.39 is 0 Å². The lowest BCUT2D eigenvalue weighted by atomic mass is 10.2. The molecule has 0 aromatic heterocycles. The highest BCUT2D eigenvalue weighted by Crippen LogP contribution is 2.19. The third kappa shape index (κ3) is 6.01. The molecular weight excluding hydrogens is 383 g/mol. The second-order valence-electron chi connectivity index (χ2n) is 3.94. The van der Waals surface area contributed by atoms with Crippen molar-refractivity contribution in [2.45, 2.75) is 11.8 Å². The zero-order chi connectivity index (χ0) is 15.8. The molecule has 0 saturated heterocycles. The smallest absolute Gasteiger partial charge is 0.124 e. The van der Waals surface area contributed by atoms with Gasteiger partial charge in [-0.05, 0) is 35.4 Å². The number of nitrogens with zero attached hydrogens (tertiary/aromatic N) is 1. The molecule has 0 saturated carbocycles. The Labute approximate surface area is 140 Å². The molecule has 0 aliphatic carbocycles. The molecular formula is C15H10BrCl2F2N. The number of hydrogen-bond acceptors (Lipinski definition) is 1. The van der Waals surface area contributed by atoms with Gasteiger partial charge < -0.3 is 0 Å². The summed E-state index contributed by atoms with van der Waals surface area (Å²) in [6.07, 6.45) is 0.221. The highest BCUT2D eigenvalue weighted by molar-refractivity contribution is 9.08. The van der Waals surface area contributed by atoms with E-state index >= 15 is 0 Å². The maximum Gasteiger partial charge on any atom is 0.124 e. The quantitative estimate of drug-likeness (QED) is 0.582. The Morgan fingerprint density at radius 3 is 1.81 bits per heavy atom. The Morgan fingerprint density at radius 1 is 0.952 bits per heavy atom. The molecule has 0 amide bonds. The van der Waals surface area contributed by atoms with E-state index in [0.717, 1.165) is 5.56 Å². The van der Waals surface area contributed by atoms with Crippen molar-refractivity contribution in [2.75, 3.05) is 0 Å². The van der Waals surface area contributed by atoms with Gasteiger partial charge in [-0.2, -0.15) is 5.26 Å². The number of halogens is 5. The minimum absolute atomic E-state index is 0.221. The van der Waals surface area contributed by atoms with Crippen LogP contribution >= 0.6 is 39.1 Å². The summed E-state index contributed by atoms with van der Waals surface area (Å²) in [4.78, 5) is 0. The van der Waals surface area contributed by atoms with Crippen molar-refractivity contribution in [3.8, 4) is 6.07 Å². The second kappa shape index (κ2) is 8.99. The highest BCUT2D eigenvalue weighted by atomic mass is 79.9. The fourth-order valence-corrected chi connectivity index (χ4v) is 2.50. The van der Waals surface area contributed by atoms with E-state index in [1.807, 2.05) is 6.07 Å². The first-order valence-corrected chi connectivity index (χ1v) is 7.66. The Balaban J connectivity index is 0.000000211. The Kier molecular flexibility index (Phi) is 7.66. The van der Waals surface area contributed by atoms with Crippen LogP contribution in [0.4, 0.5) is 8.78 Å². The molecule has 0 aliphatic rings. The van der Waals surface area contributed by atoms with Crippen LogP contribution < -0.4 is 0 Å². The van der Waals surface area contributed by atoms with Gasteiger partial charge in [-0.1, -0.05) is 51.3 Å². The van der Waals surface area contributed by atoms with Gasteiger partial charge >= 0.3 is 0 Å². The van der Waals surface area contributed by atoms with E-state index in [9.17, 15) is 8.78 Å². The summed E-state index contributed by atoms with van der Waals surface area (Å²) in [5.41, 5.74) is 1.57. The molecule has 0 atom stereocenters. The van der Waals surface area contributed by atoms with Gasteiger partial charge in [0.05, 0.1) is 12.5 Å². The maximum atomic E-state index is 12.4. The minimum Gasteiger partial charge on any atom is -0.207 e. The average molecular weight is 393 g/mol. The van der Waals surface area contributed by atoms with Crippen LogP contribution in [0.15, 0.2) is 36.4 Å². The summed E-state index contributed by atoms with van der Waals surface area (Å²) >= 11 is 14.5. The number of nitriles is 1. The number of alkyl halides is 1. The van der Waals surface area contributed by atoms with E-state index in [0.29, 0.717) is 20.9 Å². The summed E-state index contributed by atoms with van der Waals surface area (Å²) in [7, 11) is 0. The van der Waals surface area contributed by atoms with Crippen molar-refractivity contribution in [2.24, 2.45) is 0 Å². The fraction of sp³-hybridized carbons (Fsp3) is 0.133. The van der Waals surface area contributed by atoms with Gasteiger partial charge in [0, 0.05) is 15.4 Å². The molecule has 1 nitrogen and oxygen atoms in total. The molecule has 21 heavy (non-hydrogen) atoms. The standard InChI is InChI=1S/C8H5ClFN.C7H5BrClF/c9-8-5-7(10)2-1-6(8)3-4-11;8-4-5-1-2-6(10)3-7(5)9/h1-2,5H,3H2;1-3H,4H2. The van der Waals surface area contributed by atoms with Crippen LogP contribution in [0.3, 0.4) is 0 Å². The Hall–Kier alpha value is -1.15. The molecule has 0 spiro atoms. The number of benzene rings is 2. The monoisotopic (exact) mass is 391 g/mol. The molecule has 6 heteroatoms. The normalized spacial score (nSPS) is 9.52. The lowest BCUT2D eigenvalue weighted by molar-refractivity contribution is 0.627. The topological polar surface area (TPSA) is 23.8 Å². The van der Waals surface area contributed by atoms with Crippen LogP contribution in [-0.4, -0.2) is 0 Å². The predicted molar refractivity (Wildman–Crippen MR) is 84.8 cm³/mol. The van der Waals surface area contributed by atoms with E-state index in [2.05, 4.69) is 15.9 Å². The van der Waals surface area contributed by atoms with Crippen LogP contribution in [0, 0.1) is 23.0 Å². The lowest BCUT2D eigenvalue weighted by Crippen LogP contribution is -1.84. The number of hydrogen-bond donors (Lipinski definition) is 0. The highest BCUT2D eigenvalue weighted by Gasteiger charge is 2.00. The molecule has 0 N–H and O–H groups in total. The largest absolute Gasteiger partial charge is 0.207 e. The van der Waals surface area contributed by atoms with Crippen LogP contribution in [0.25, 0.3) is 0 Å². The molecule has 0 bridgehead atoms. The van der Waals surface area contributed by atoms with Gasteiger partial charge in [-0.15, -0.1) is 0 Å². The van der Waals surface area contributed by atoms with Gasteiger partial charge in [0.15, 0.2) is 0 Å². The lowest BCUT2D eigenvalue weighted by Gasteiger charge is -1.97. The summed E-state index contributed by atoms with van der Waals surface area (Å²) in [5.74, 6) is -0.675. The Bertz CT molecular complexity index is 657. The van der Waals surface area contributed by atoms with Crippen LogP contribution in [0.5, 0.6) is 0 Å². The number of rotatable bonds is 2. The predicted octanol–water partition coefficient (Wildman–Crippen LogP) is 5.92. The van der Waals surface area contributed by atoms with E-state index in [4.69, 9.17) is 28.5 Å². The third-order valence-corrected chi connectivity index (χ3v) is 3.75. The van der Waals surface area contributed by atoms with Gasteiger partial charge in [0.25, 0.3) is 0 Å². The second-order valence-corrected chi connectivity index (χ2v) is 5.32. The van der Waals surface area contributed by atoms with Crippen molar-refractivity contribution in [1.82, 2.24) is 0 Å². The van der Waals surface area contributed by atoms with Crippen molar-refractivity contribution >= 4 is 39.1 Å². The molecule has 0 unspecified atom stereocenters. The van der Waals surface area contributed by atoms with Gasteiger partial charge in [0.2, 0.25) is 0 Å². The minimum atomic E-state index is -0.378. The first-order valence-electron chi connectivity index (χ1n) is 5.78. The molecule has 2 aromatic rings. The van der Waals surface area contributed by atoms with Crippen molar-refractivity contribution in [3.63, 3.8) is 0 Å². The maximum absolute atomic E-state index is 12.4. The van der Waals surface area contributed by atoms with Crippen LogP contribution in [0.2, 0.25) is 10.0 Å². The summed E-state index contributed by atoms with van der Waals surface area (Å²) < 4.78 is 24.8. The van der Waals surface area contributed by atoms with E-state index in [-0.39, 0.29) is 18.1 Å². The van der Waals surface area contributed by atoms with Crippen molar-refractivity contribution < 1.29 is 8.78 Å². The summed E-state index contributed by atoms with van der Waals surface area (Å²) in [5, 5.41) is 9.75. The van der Waals surface area contributed by atoms with Crippen molar-refractivity contribution in [1.29, 1.82) is 5.26 Å². The average Bonchev–Trinajstić information content (AvgIpc) is 2.43. The van der Waals surface area contributed by atoms with Crippen LogP contribution in [-0.2, 0) is 11.8 Å². The van der Waals surface area contributed by atoms with Gasteiger partial charge in [-0.25, -0.2) is 8.78 Å². The first-order chi connectivity index (χ1) is 9.97. The fourth-order valence-electron chi connectivity index (χ4n) is 1.38. The van der Waals surface area contributed by atoms with Gasteiger partial charge in [0.1, 0.15) is 11.6 Å². The first kappa shape index (κ1) is 17.9. The zero-order valence-corrected chi connectivity index (χ0v) is 13.8. The summed E-state index contributed by atoms with van der Waals surface area (Å²) in [6.45, 7) is 0. The SMILES string of the molecule is Fc1ccc(CBr)c(Cl)c1.N#CCc1ccc(F)cc1Cl. The van der Waals surface area contributed by atoms with Gasteiger partial charge in [-0.3, -0.25) is 0 Å². The van der Waals surface area contributed by atoms with E-state index in [1.165, 1.54) is 30.3 Å². The molecule has 0 radical (unpaired) electrons. The molecule has 0 aliphatic heterocycles. The molecule has 0 fully saturated rings. The third-order valence-electron chi connectivity index (χ3n) is 2.44. The molecule has 0 heterocycles. The molecule has 2 aromatic carbocycles. The zero-order valence-electron chi connectivity index (χ0n) is 10.7. The van der Waals surface area contributed by atoms with E-state index in [1.54, 1.807) is 6.07 Å². The van der Waals surface area contributed by atoms with Crippen molar-refractivity contribution in [3.05, 3.63) is 69.2 Å². The molecule has 2 rings (SSSR count). The van der Waals surface area contributed by atoms with Crippen LogP contribution in [0.1, 0.15) is 11.1 Å².